The molecule has 0 aliphatic carbocycles. The normalized spacial score (nSPS) is 11.9. The van der Waals surface area contributed by atoms with Gasteiger partial charge in [-0.1, -0.05) is 26.0 Å². The molecule has 0 amide bonds. The van der Waals surface area contributed by atoms with Gasteiger partial charge in [0.1, 0.15) is 0 Å². The van der Waals surface area contributed by atoms with Crippen LogP contribution in [0.2, 0.25) is 0 Å². The number of hydrogen-bond acceptors (Lipinski definition) is 2. The highest BCUT2D eigenvalue weighted by atomic mass is 19.4. The molecule has 0 aliphatic heterocycles. The fraction of sp³-hybridized carbons (Fsp3) is 0.357. The largest absolute Gasteiger partial charge is 0.418 e. The molecule has 0 aliphatic rings. The number of benzene rings is 1. The lowest BCUT2D eigenvalue weighted by Crippen LogP contribution is -2.15. The number of para-hydroxylation sites is 1. The van der Waals surface area contributed by atoms with Crippen molar-refractivity contribution in [2.75, 3.05) is 11.9 Å². The molecule has 2 aromatic rings. The Morgan fingerprint density at radius 2 is 1.95 bits per heavy atom. The minimum Gasteiger partial charge on any atom is -0.355 e. The number of imidazole rings is 1. The van der Waals surface area contributed by atoms with E-state index in [1.54, 1.807) is 6.07 Å². The van der Waals surface area contributed by atoms with Crippen molar-refractivity contribution in [1.82, 2.24) is 9.55 Å². The van der Waals surface area contributed by atoms with Crippen LogP contribution in [-0.2, 0) is 6.18 Å². The molecule has 1 N–H and O–H groups in total. The average Bonchev–Trinajstić information content (AvgIpc) is 2.83. The second-order valence-corrected chi connectivity index (χ2v) is 4.91. The molecule has 3 nitrogen and oxygen atoms in total. The molecule has 0 radical (unpaired) electrons. The number of nitrogens with one attached hydrogen (secondary N) is 1. The number of halogens is 3. The van der Waals surface area contributed by atoms with E-state index < -0.39 is 11.7 Å². The van der Waals surface area contributed by atoms with Crippen molar-refractivity contribution in [3.05, 3.63) is 42.2 Å². The molecule has 0 spiro atoms. The molecule has 0 saturated carbocycles. The van der Waals surface area contributed by atoms with Crippen LogP contribution in [0.1, 0.15) is 19.4 Å². The van der Waals surface area contributed by atoms with Gasteiger partial charge in [-0.15, -0.1) is 0 Å². The van der Waals surface area contributed by atoms with E-state index in [0.717, 1.165) is 6.07 Å². The first-order chi connectivity index (χ1) is 9.39. The lowest BCUT2D eigenvalue weighted by Gasteiger charge is -2.16. The molecule has 108 valence electrons. The van der Waals surface area contributed by atoms with Crippen LogP contribution < -0.4 is 5.32 Å². The molecule has 6 heteroatoms. The van der Waals surface area contributed by atoms with Gasteiger partial charge in [-0.25, -0.2) is 4.98 Å². The Bertz CT molecular complexity index is 573. The molecule has 0 saturated heterocycles. The van der Waals surface area contributed by atoms with Gasteiger partial charge in [-0.2, -0.15) is 13.2 Å². The van der Waals surface area contributed by atoms with E-state index in [9.17, 15) is 13.2 Å². The zero-order chi connectivity index (χ0) is 14.8. The van der Waals surface area contributed by atoms with E-state index >= 15 is 0 Å². The van der Waals surface area contributed by atoms with Crippen LogP contribution in [-0.4, -0.2) is 16.1 Å². The van der Waals surface area contributed by atoms with Gasteiger partial charge in [-0.05, 0) is 18.1 Å². The predicted octanol–water partition coefficient (Wildman–Crippen LogP) is 3.96. The van der Waals surface area contributed by atoms with Crippen molar-refractivity contribution < 1.29 is 13.2 Å². The Hall–Kier alpha value is -1.98. The summed E-state index contributed by atoms with van der Waals surface area (Å²) in [5, 5.41) is 3.05. The van der Waals surface area contributed by atoms with Gasteiger partial charge in [0, 0.05) is 18.9 Å². The van der Waals surface area contributed by atoms with E-state index in [1.807, 2.05) is 13.8 Å². The molecule has 1 heterocycles. The van der Waals surface area contributed by atoms with Crippen LogP contribution in [0.5, 0.6) is 0 Å². The minimum absolute atomic E-state index is 0.0729. The van der Waals surface area contributed by atoms with E-state index in [4.69, 9.17) is 0 Å². The Morgan fingerprint density at radius 1 is 1.25 bits per heavy atom. The van der Waals surface area contributed by atoms with Crippen molar-refractivity contribution in [1.29, 1.82) is 0 Å². The second-order valence-electron chi connectivity index (χ2n) is 4.91. The summed E-state index contributed by atoms with van der Waals surface area (Å²) >= 11 is 0. The molecular weight excluding hydrogens is 267 g/mol. The van der Waals surface area contributed by atoms with Crippen LogP contribution in [0.25, 0.3) is 5.69 Å². The van der Waals surface area contributed by atoms with Gasteiger partial charge >= 0.3 is 6.18 Å². The van der Waals surface area contributed by atoms with Crippen molar-refractivity contribution in [3.8, 4) is 5.69 Å². The number of aromatic nitrogens is 2. The van der Waals surface area contributed by atoms with Crippen LogP contribution in [0.3, 0.4) is 0 Å². The maximum Gasteiger partial charge on any atom is 0.418 e. The SMILES string of the molecule is CC(C)CNc1nccn1-c1ccccc1C(F)(F)F. The lowest BCUT2D eigenvalue weighted by atomic mass is 10.1. The maximum absolute atomic E-state index is 13.0. The van der Waals surface area contributed by atoms with Gasteiger partial charge < -0.3 is 5.32 Å². The minimum atomic E-state index is -4.39. The van der Waals surface area contributed by atoms with Crippen molar-refractivity contribution >= 4 is 5.95 Å². The Balaban J connectivity index is 2.40. The first-order valence-corrected chi connectivity index (χ1v) is 6.33. The summed E-state index contributed by atoms with van der Waals surface area (Å²) in [6.07, 6.45) is -1.39. The highest BCUT2D eigenvalue weighted by molar-refractivity contribution is 5.48. The zero-order valence-electron chi connectivity index (χ0n) is 11.3. The third-order valence-electron chi connectivity index (χ3n) is 2.78. The van der Waals surface area contributed by atoms with E-state index in [-0.39, 0.29) is 5.69 Å². The first-order valence-electron chi connectivity index (χ1n) is 6.33. The van der Waals surface area contributed by atoms with Crippen LogP contribution >= 0.6 is 0 Å². The van der Waals surface area contributed by atoms with Crippen LogP contribution in [0.15, 0.2) is 36.7 Å². The summed E-state index contributed by atoms with van der Waals surface area (Å²) in [7, 11) is 0. The highest BCUT2D eigenvalue weighted by Crippen LogP contribution is 2.34. The Labute approximate surface area is 115 Å². The number of nitrogens with zero attached hydrogens (tertiary/aromatic N) is 2. The number of hydrogen-bond donors (Lipinski definition) is 1. The van der Waals surface area contributed by atoms with Crippen molar-refractivity contribution in [2.45, 2.75) is 20.0 Å². The molecule has 0 bridgehead atoms. The monoisotopic (exact) mass is 283 g/mol. The number of anilines is 1. The lowest BCUT2D eigenvalue weighted by molar-refractivity contribution is -0.137. The van der Waals surface area contributed by atoms with E-state index in [0.29, 0.717) is 18.4 Å². The fourth-order valence-corrected chi connectivity index (χ4v) is 1.85. The molecule has 0 atom stereocenters. The van der Waals surface area contributed by atoms with Gasteiger partial charge in [0.2, 0.25) is 5.95 Å². The number of rotatable bonds is 4. The molecular formula is C14H16F3N3. The smallest absolute Gasteiger partial charge is 0.355 e. The summed E-state index contributed by atoms with van der Waals surface area (Å²) in [5.74, 6) is 0.786. The fourth-order valence-electron chi connectivity index (χ4n) is 1.85. The van der Waals surface area contributed by atoms with Gasteiger partial charge in [0.25, 0.3) is 0 Å². The van der Waals surface area contributed by atoms with E-state index in [2.05, 4.69) is 10.3 Å². The second kappa shape index (κ2) is 5.56. The third-order valence-corrected chi connectivity index (χ3v) is 2.78. The summed E-state index contributed by atoms with van der Waals surface area (Å²) in [4.78, 5) is 4.07. The predicted molar refractivity (Wildman–Crippen MR) is 71.9 cm³/mol. The summed E-state index contributed by atoms with van der Waals surface area (Å²) in [6, 6.07) is 5.47. The quantitative estimate of drug-likeness (QED) is 0.920. The van der Waals surface area contributed by atoms with Gasteiger partial charge in [0.05, 0.1) is 11.3 Å². The third kappa shape index (κ3) is 3.12. The Morgan fingerprint density at radius 3 is 2.60 bits per heavy atom. The molecule has 20 heavy (non-hydrogen) atoms. The van der Waals surface area contributed by atoms with Gasteiger partial charge in [0.15, 0.2) is 0 Å². The topological polar surface area (TPSA) is 29.9 Å². The molecule has 2 rings (SSSR count). The first kappa shape index (κ1) is 14.4. The van der Waals surface area contributed by atoms with E-state index in [1.165, 1.54) is 29.1 Å². The van der Waals surface area contributed by atoms with Gasteiger partial charge in [-0.3, -0.25) is 4.57 Å². The highest BCUT2D eigenvalue weighted by Gasteiger charge is 2.34. The molecule has 0 fully saturated rings. The van der Waals surface area contributed by atoms with Crippen LogP contribution in [0.4, 0.5) is 19.1 Å². The Kier molecular flexibility index (Phi) is 4.01. The summed E-state index contributed by atoms with van der Waals surface area (Å²) < 4.78 is 40.5. The average molecular weight is 283 g/mol. The van der Waals surface area contributed by atoms with Crippen molar-refractivity contribution in [3.63, 3.8) is 0 Å². The number of alkyl halides is 3. The molecule has 1 aromatic carbocycles. The molecule has 1 aromatic heterocycles. The maximum atomic E-state index is 13.0. The zero-order valence-corrected chi connectivity index (χ0v) is 11.3. The van der Waals surface area contributed by atoms with Crippen LogP contribution in [0, 0.1) is 5.92 Å². The summed E-state index contributed by atoms with van der Waals surface area (Å²) in [5.41, 5.74) is -0.602. The molecule has 0 unspecified atom stereocenters. The van der Waals surface area contributed by atoms with Crippen molar-refractivity contribution in [2.24, 2.45) is 5.92 Å². The summed E-state index contributed by atoms with van der Waals surface area (Å²) in [6.45, 7) is 4.68. The standard InChI is InChI=1S/C14H16F3N3/c1-10(2)9-19-13-18-7-8-20(13)12-6-4-3-5-11(12)14(15,16)17/h3-8,10H,9H2,1-2H3,(H,18,19).